The Balaban J connectivity index is 1.34. The molecule has 2 heteroatoms. The molecule has 8 aromatic rings. The fourth-order valence-electron chi connectivity index (χ4n) is 5.73. The monoisotopic (exact) mass is 470 g/mol. The molecule has 2 heterocycles. The zero-order valence-electron chi connectivity index (χ0n) is 20.1. The van der Waals surface area contributed by atoms with E-state index in [1.54, 1.807) is 0 Å². The van der Waals surface area contributed by atoms with Gasteiger partial charge in [-0.15, -0.1) is 0 Å². The topological polar surface area (TPSA) is 17.3 Å². The molecule has 0 amide bonds. The van der Waals surface area contributed by atoms with Crippen molar-refractivity contribution in [2.45, 2.75) is 0 Å². The van der Waals surface area contributed by atoms with Crippen LogP contribution in [0, 0.1) is 0 Å². The summed E-state index contributed by atoms with van der Waals surface area (Å²) < 4.78 is 2.31. The SMILES string of the molecule is c1ccc(-c2ccc3cc(-c4ccc5c(c4)c4ccccc4c4nc6ccccc6n54)ccc3c2)cc1. The summed E-state index contributed by atoms with van der Waals surface area (Å²) in [6, 6.07) is 47.9. The second kappa shape index (κ2) is 7.78. The third kappa shape index (κ3) is 3.09. The van der Waals surface area contributed by atoms with Crippen LogP contribution in [0.1, 0.15) is 0 Å². The van der Waals surface area contributed by atoms with Crippen molar-refractivity contribution in [3.63, 3.8) is 0 Å². The Morgan fingerprint density at radius 3 is 1.84 bits per heavy atom. The minimum atomic E-state index is 1.01. The molecule has 0 bridgehead atoms. The standard InChI is InChI=1S/C35H22N2/c1-2-8-23(9-3-1)24-14-15-26-21-27(17-16-25(26)20-24)28-18-19-33-31(22-28)29-10-4-5-11-30(29)35-36-32-12-6-7-13-34(32)37(33)35/h1-22H. The van der Waals surface area contributed by atoms with Gasteiger partial charge in [-0.25, -0.2) is 4.98 Å². The van der Waals surface area contributed by atoms with Crippen molar-refractivity contribution in [3.8, 4) is 22.3 Å². The van der Waals surface area contributed by atoms with Gasteiger partial charge in [-0.3, -0.25) is 4.40 Å². The average molecular weight is 471 g/mol. The van der Waals surface area contributed by atoms with Crippen LogP contribution in [0.5, 0.6) is 0 Å². The van der Waals surface area contributed by atoms with Crippen LogP contribution in [0.3, 0.4) is 0 Å². The zero-order valence-corrected chi connectivity index (χ0v) is 20.1. The van der Waals surface area contributed by atoms with E-state index in [2.05, 4.69) is 138 Å². The second-order valence-corrected chi connectivity index (χ2v) is 9.68. The minimum Gasteiger partial charge on any atom is -0.292 e. The summed E-state index contributed by atoms with van der Waals surface area (Å²) >= 11 is 0. The number of fused-ring (bicyclic) bond motifs is 9. The number of aromatic nitrogens is 2. The van der Waals surface area contributed by atoms with Crippen LogP contribution in [-0.4, -0.2) is 9.38 Å². The average Bonchev–Trinajstić information content (AvgIpc) is 3.37. The molecule has 8 rings (SSSR count). The fourth-order valence-corrected chi connectivity index (χ4v) is 5.73. The lowest BCUT2D eigenvalue weighted by Gasteiger charge is -2.12. The largest absolute Gasteiger partial charge is 0.292 e. The van der Waals surface area contributed by atoms with Gasteiger partial charge in [0, 0.05) is 10.8 Å². The Morgan fingerprint density at radius 2 is 1.03 bits per heavy atom. The summed E-state index contributed by atoms with van der Waals surface area (Å²) in [4.78, 5) is 5.00. The predicted octanol–water partition coefficient (Wildman–Crippen LogP) is 9.28. The van der Waals surface area contributed by atoms with Gasteiger partial charge < -0.3 is 0 Å². The molecule has 37 heavy (non-hydrogen) atoms. The van der Waals surface area contributed by atoms with Crippen molar-refractivity contribution >= 4 is 49.1 Å². The van der Waals surface area contributed by atoms with Crippen molar-refractivity contribution in [2.75, 3.05) is 0 Å². The lowest BCUT2D eigenvalue weighted by Crippen LogP contribution is -1.92. The Bertz CT molecular complexity index is 2140. The molecule has 6 aromatic carbocycles. The van der Waals surface area contributed by atoms with Crippen molar-refractivity contribution in [1.82, 2.24) is 9.38 Å². The number of pyridine rings is 1. The van der Waals surface area contributed by atoms with Crippen molar-refractivity contribution in [1.29, 1.82) is 0 Å². The summed E-state index contributed by atoms with van der Waals surface area (Å²) in [5.41, 5.74) is 9.28. The number of hydrogen-bond donors (Lipinski definition) is 0. The Hall–Kier alpha value is -4.95. The van der Waals surface area contributed by atoms with Gasteiger partial charge >= 0.3 is 0 Å². The van der Waals surface area contributed by atoms with E-state index in [0.29, 0.717) is 0 Å². The first kappa shape index (κ1) is 20.3. The summed E-state index contributed by atoms with van der Waals surface area (Å²) in [6.07, 6.45) is 0. The van der Waals surface area contributed by atoms with Gasteiger partial charge in [0.2, 0.25) is 0 Å². The first-order chi connectivity index (χ1) is 18.3. The Labute approximate surface area is 214 Å². The highest BCUT2D eigenvalue weighted by atomic mass is 15.0. The van der Waals surface area contributed by atoms with Crippen LogP contribution in [0.4, 0.5) is 0 Å². The van der Waals surface area contributed by atoms with E-state index in [0.717, 1.165) is 16.7 Å². The molecule has 172 valence electrons. The fraction of sp³-hybridized carbons (Fsp3) is 0. The van der Waals surface area contributed by atoms with Crippen LogP contribution in [0.2, 0.25) is 0 Å². The normalized spacial score (nSPS) is 11.8. The van der Waals surface area contributed by atoms with E-state index in [1.165, 1.54) is 54.7 Å². The molecule has 0 fully saturated rings. The highest BCUT2D eigenvalue weighted by Gasteiger charge is 2.14. The van der Waals surface area contributed by atoms with Gasteiger partial charge in [-0.05, 0) is 74.8 Å². The van der Waals surface area contributed by atoms with Gasteiger partial charge in [0.25, 0.3) is 0 Å². The molecule has 0 radical (unpaired) electrons. The third-order valence-electron chi connectivity index (χ3n) is 7.54. The van der Waals surface area contributed by atoms with E-state index in [9.17, 15) is 0 Å². The van der Waals surface area contributed by atoms with Crippen molar-refractivity contribution in [3.05, 3.63) is 133 Å². The van der Waals surface area contributed by atoms with Crippen LogP contribution < -0.4 is 0 Å². The predicted molar refractivity (Wildman–Crippen MR) is 156 cm³/mol. The third-order valence-corrected chi connectivity index (χ3v) is 7.54. The van der Waals surface area contributed by atoms with E-state index in [-0.39, 0.29) is 0 Å². The number of imidazole rings is 1. The maximum absolute atomic E-state index is 5.00. The molecule has 0 spiro atoms. The molecule has 0 N–H and O–H groups in total. The van der Waals surface area contributed by atoms with Gasteiger partial charge in [-0.2, -0.15) is 0 Å². The summed E-state index contributed by atoms with van der Waals surface area (Å²) in [7, 11) is 0. The first-order valence-electron chi connectivity index (χ1n) is 12.6. The maximum atomic E-state index is 5.00. The molecule has 0 atom stereocenters. The molecule has 2 nitrogen and oxygen atoms in total. The lowest BCUT2D eigenvalue weighted by atomic mass is 9.96. The van der Waals surface area contributed by atoms with E-state index < -0.39 is 0 Å². The van der Waals surface area contributed by atoms with E-state index in [4.69, 9.17) is 4.98 Å². The highest BCUT2D eigenvalue weighted by molar-refractivity contribution is 6.14. The van der Waals surface area contributed by atoms with E-state index in [1.807, 2.05) is 0 Å². The summed E-state index contributed by atoms with van der Waals surface area (Å²) in [5, 5.41) is 6.15. The minimum absolute atomic E-state index is 1.01. The van der Waals surface area contributed by atoms with Crippen LogP contribution >= 0.6 is 0 Å². The number of rotatable bonds is 2. The van der Waals surface area contributed by atoms with Gasteiger partial charge in [0.1, 0.15) is 5.65 Å². The van der Waals surface area contributed by atoms with Crippen LogP contribution in [-0.2, 0) is 0 Å². The molecule has 2 aromatic heterocycles. The number of para-hydroxylation sites is 2. The van der Waals surface area contributed by atoms with Crippen LogP contribution in [0.15, 0.2) is 133 Å². The molecule has 0 aliphatic heterocycles. The molecular formula is C35H22N2. The molecule has 0 saturated heterocycles. The Kier molecular flexibility index (Phi) is 4.26. The van der Waals surface area contributed by atoms with E-state index >= 15 is 0 Å². The van der Waals surface area contributed by atoms with Gasteiger partial charge in [0.15, 0.2) is 0 Å². The van der Waals surface area contributed by atoms with Crippen molar-refractivity contribution < 1.29 is 0 Å². The second-order valence-electron chi connectivity index (χ2n) is 9.68. The van der Waals surface area contributed by atoms with Gasteiger partial charge in [0.05, 0.1) is 16.6 Å². The number of benzene rings is 6. The van der Waals surface area contributed by atoms with Crippen LogP contribution in [0.25, 0.3) is 71.4 Å². The molecule has 0 aliphatic rings. The number of hydrogen-bond acceptors (Lipinski definition) is 1. The smallest absolute Gasteiger partial charge is 0.146 e. The lowest BCUT2D eigenvalue weighted by molar-refractivity contribution is 1.31. The van der Waals surface area contributed by atoms with Crippen molar-refractivity contribution in [2.24, 2.45) is 0 Å². The maximum Gasteiger partial charge on any atom is 0.146 e. The van der Waals surface area contributed by atoms with Gasteiger partial charge in [-0.1, -0.05) is 97.1 Å². The number of nitrogens with zero attached hydrogens (tertiary/aromatic N) is 2. The molecule has 0 unspecified atom stereocenters. The Morgan fingerprint density at radius 1 is 0.405 bits per heavy atom. The highest BCUT2D eigenvalue weighted by Crippen LogP contribution is 2.35. The summed E-state index contributed by atoms with van der Waals surface area (Å²) in [5.74, 6) is 0. The first-order valence-corrected chi connectivity index (χ1v) is 12.6. The quantitative estimate of drug-likeness (QED) is 0.230. The summed E-state index contributed by atoms with van der Waals surface area (Å²) in [6.45, 7) is 0. The molecule has 0 aliphatic carbocycles. The molecule has 0 saturated carbocycles. The zero-order chi connectivity index (χ0) is 24.3. The molecular weight excluding hydrogens is 448 g/mol.